The Hall–Kier alpha value is -2.01. The number of ether oxygens (including phenoxy) is 2. The van der Waals surface area contributed by atoms with E-state index in [1.165, 1.54) is 11.3 Å². The number of benzene rings is 1. The maximum absolute atomic E-state index is 12.3. The van der Waals surface area contributed by atoms with Crippen LogP contribution in [0.5, 0.6) is 11.5 Å². The van der Waals surface area contributed by atoms with E-state index in [9.17, 15) is 4.79 Å². The Labute approximate surface area is 121 Å². The Morgan fingerprint density at radius 2 is 2.10 bits per heavy atom. The summed E-state index contributed by atoms with van der Waals surface area (Å²) in [6.45, 7) is 2.77. The highest BCUT2D eigenvalue weighted by atomic mass is 32.1. The minimum Gasteiger partial charge on any atom is -0.454 e. The largest absolute Gasteiger partial charge is 0.454 e. The van der Waals surface area contributed by atoms with Crippen LogP contribution in [0.15, 0.2) is 29.6 Å². The Balaban J connectivity index is 1.74. The number of carbonyl (C=O) groups excluding carboxylic acids is 1. The second-order valence-electron chi connectivity index (χ2n) is 4.78. The zero-order chi connectivity index (χ0) is 14.1. The summed E-state index contributed by atoms with van der Waals surface area (Å²) in [5.41, 5.74) is 2.05. The number of hydrogen-bond acceptors (Lipinski definition) is 4. The van der Waals surface area contributed by atoms with Crippen molar-refractivity contribution >= 4 is 17.2 Å². The van der Waals surface area contributed by atoms with Gasteiger partial charge < -0.3 is 14.4 Å². The van der Waals surface area contributed by atoms with Crippen molar-refractivity contribution in [2.75, 3.05) is 13.8 Å². The summed E-state index contributed by atoms with van der Waals surface area (Å²) in [5, 5.41) is 1.94. The van der Waals surface area contributed by atoms with Crippen LogP contribution in [0.25, 0.3) is 0 Å². The van der Waals surface area contributed by atoms with E-state index in [0.717, 1.165) is 27.5 Å². The molecule has 2 aromatic rings. The van der Waals surface area contributed by atoms with Gasteiger partial charge in [0.15, 0.2) is 11.5 Å². The SMILES string of the molecule is Cc1ccsc1C(=O)N(C)Cc1ccc2c(c1)OCO2. The summed E-state index contributed by atoms with van der Waals surface area (Å²) in [6, 6.07) is 7.73. The maximum Gasteiger partial charge on any atom is 0.264 e. The van der Waals surface area contributed by atoms with Crippen LogP contribution in [-0.2, 0) is 6.54 Å². The lowest BCUT2D eigenvalue weighted by atomic mass is 10.2. The minimum absolute atomic E-state index is 0.0511. The van der Waals surface area contributed by atoms with Gasteiger partial charge in [0.1, 0.15) is 0 Å². The molecule has 1 aromatic carbocycles. The van der Waals surface area contributed by atoms with Gasteiger partial charge >= 0.3 is 0 Å². The summed E-state index contributed by atoms with van der Waals surface area (Å²) in [7, 11) is 1.81. The molecule has 0 atom stereocenters. The summed E-state index contributed by atoms with van der Waals surface area (Å²) in [6.07, 6.45) is 0. The number of nitrogens with zero attached hydrogens (tertiary/aromatic N) is 1. The maximum atomic E-state index is 12.3. The number of amides is 1. The summed E-state index contributed by atoms with van der Waals surface area (Å²) in [4.78, 5) is 14.9. The van der Waals surface area contributed by atoms with Crippen molar-refractivity contribution in [3.05, 3.63) is 45.6 Å². The fourth-order valence-electron chi connectivity index (χ4n) is 2.15. The van der Waals surface area contributed by atoms with Crippen LogP contribution in [0.3, 0.4) is 0 Å². The number of aryl methyl sites for hydroxylation is 1. The van der Waals surface area contributed by atoms with Crippen molar-refractivity contribution in [3.8, 4) is 11.5 Å². The molecule has 5 heteroatoms. The van der Waals surface area contributed by atoms with Gasteiger partial charge in [0, 0.05) is 13.6 Å². The number of fused-ring (bicyclic) bond motifs is 1. The van der Waals surface area contributed by atoms with Crippen molar-refractivity contribution in [2.45, 2.75) is 13.5 Å². The average Bonchev–Trinajstić information content (AvgIpc) is 3.05. The van der Waals surface area contributed by atoms with Gasteiger partial charge in [-0.2, -0.15) is 0 Å². The zero-order valence-corrected chi connectivity index (χ0v) is 12.2. The number of rotatable bonds is 3. The van der Waals surface area contributed by atoms with E-state index in [1.807, 2.05) is 43.6 Å². The molecule has 1 aliphatic rings. The predicted molar refractivity (Wildman–Crippen MR) is 77.4 cm³/mol. The molecule has 0 aliphatic carbocycles. The fourth-order valence-corrected chi connectivity index (χ4v) is 3.07. The molecule has 0 fully saturated rings. The van der Waals surface area contributed by atoms with Crippen LogP contribution < -0.4 is 9.47 Å². The molecule has 0 spiro atoms. The molecule has 0 saturated heterocycles. The van der Waals surface area contributed by atoms with Gasteiger partial charge in [-0.25, -0.2) is 0 Å². The van der Waals surface area contributed by atoms with E-state index in [4.69, 9.17) is 9.47 Å². The van der Waals surface area contributed by atoms with Crippen LogP contribution in [0.2, 0.25) is 0 Å². The monoisotopic (exact) mass is 289 g/mol. The van der Waals surface area contributed by atoms with Crippen molar-refractivity contribution in [2.24, 2.45) is 0 Å². The molecule has 1 aromatic heterocycles. The average molecular weight is 289 g/mol. The Morgan fingerprint density at radius 3 is 2.85 bits per heavy atom. The number of carbonyl (C=O) groups is 1. The molecule has 2 heterocycles. The molecule has 0 N–H and O–H groups in total. The second kappa shape index (κ2) is 5.17. The second-order valence-corrected chi connectivity index (χ2v) is 5.70. The lowest BCUT2D eigenvalue weighted by Crippen LogP contribution is -2.25. The third-order valence-electron chi connectivity index (χ3n) is 3.26. The molecule has 0 unspecified atom stereocenters. The molecule has 3 rings (SSSR count). The standard InChI is InChI=1S/C15H15NO3S/c1-10-5-6-20-14(10)15(17)16(2)8-11-3-4-12-13(7-11)19-9-18-12/h3-7H,8-9H2,1-2H3. The van der Waals surface area contributed by atoms with Crippen molar-refractivity contribution in [3.63, 3.8) is 0 Å². The van der Waals surface area contributed by atoms with Crippen LogP contribution in [0.4, 0.5) is 0 Å². The van der Waals surface area contributed by atoms with Crippen molar-refractivity contribution < 1.29 is 14.3 Å². The Kier molecular flexibility index (Phi) is 3.36. The molecule has 4 nitrogen and oxygen atoms in total. The highest BCUT2D eigenvalue weighted by Gasteiger charge is 2.18. The van der Waals surface area contributed by atoms with Gasteiger partial charge in [0.25, 0.3) is 5.91 Å². The zero-order valence-electron chi connectivity index (χ0n) is 11.4. The molecule has 1 aliphatic heterocycles. The van der Waals surface area contributed by atoms with Gasteiger partial charge in [-0.05, 0) is 41.6 Å². The quantitative estimate of drug-likeness (QED) is 0.871. The highest BCUT2D eigenvalue weighted by Crippen LogP contribution is 2.32. The lowest BCUT2D eigenvalue weighted by molar-refractivity contribution is 0.0789. The first-order valence-electron chi connectivity index (χ1n) is 6.33. The molecular formula is C15H15NO3S. The van der Waals surface area contributed by atoms with E-state index in [1.54, 1.807) is 4.90 Å². The van der Waals surface area contributed by atoms with Crippen molar-refractivity contribution in [1.29, 1.82) is 0 Å². The number of hydrogen-bond donors (Lipinski definition) is 0. The van der Waals surface area contributed by atoms with E-state index >= 15 is 0 Å². The summed E-state index contributed by atoms with van der Waals surface area (Å²) in [5.74, 6) is 1.56. The lowest BCUT2D eigenvalue weighted by Gasteiger charge is -2.17. The van der Waals surface area contributed by atoms with Crippen LogP contribution >= 0.6 is 11.3 Å². The van der Waals surface area contributed by atoms with Gasteiger partial charge in [-0.1, -0.05) is 6.07 Å². The van der Waals surface area contributed by atoms with Crippen LogP contribution in [0.1, 0.15) is 20.8 Å². The van der Waals surface area contributed by atoms with Gasteiger partial charge in [-0.3, -0.25) is 4.79 Å². The van der Waals surface area contributed by atoms with Gasteiger partial charge in [0.05, 0.1) is 4.88 Å². The fraction of sp³-hybridized carbons (Fsp3) is 0.267. The third-order valence-corrected chi connectivity index (χ3v) is 4.26. The summed E-state index contributed by atoms with van der Waals surface area (Å²) >= 11 is 1.48. The molecule has 104 valence electrons. The number of thiophene rings is 1. The van der Waals surface area contributed by atoms with Crippen LogP contribution in [0, 0.1) is 6.92 Å². The minimum atomic E-state index is 0.0511. The van der Waals surface area contributed by atoms with E-state index in [0.29, 0.717) is 6.54 Å². The Morgan fingerprint density at radius 1 is 1.30 bits per heavy atom. The molecule has 0 saturated carbocycles. The normalized spacial score (nSPS) is 12.5. The highest BCUT2D eigenvalue weighted by molar-refractivity contribution is 7.12. The molecular weight excluding hydrogens is 274 g/mol. The molecule has 0 bridgehead atoms. The molecule has 1 amide bonds. The molecule has 0 radical (unpaired) electrons. The first kappa shape index (κ1) is 13.0. The van der Waals surface area contributed by atoms with E-state index in [2.05, 4.69) is 0 Å². The van der Waals surface area contributed by atoms with Gasteiger partial charge in [-0.15, -0.1) is 11.3 Å². The van der Waals surface area contributed by atoms with Gasteiger partial charge in [0.2, 0.25) is 6.79 Å². The topological polar surface area (TPSA) is 38.8 Å². The third kappa shape index (κ3) is 2.36. The molecule has 20 heavy (non-hydrogen) atoms. The Bertz CT molecular complexity index is 650. The van der Waals surface area contributed by atoms with Crippen molar-refractivity contribution in [1.82, 2.24) is 4.90 Å². The van der Waals surface area contributed by atoms with Crippen LogP contribution in [-0.4, -0.2) is 24.6 Å². The van der Waals surface area contributed by atoms with E-state index in [-0.39, 0.29) is 12.7 Å². The summed E-state index contributed by atoms with van der Waals surface area (Å²) < 4.78 is 10.6. The smallest absolute Gasteiger partial charge is 0.264 e. The predicted octanol–water partition coefficient (Wildman–Crippen LogP) is 3.06. The first-order chi connectivity index (χ1) is 9.65. The van der Waals surface area contributed by atoms with E-state index < -0.39 is 0 Å². The first-order valence-corrected chi connectivity index (χ1v) is 7.21.